The van der Waals surface area contributed by atoms with E-state index in [0.717, 1.165) is 23.7 Å². The fraction of sp³-hybridized carbons (Fsp3) is 0.333. The van der Waals surface area contributed by atoms with Gasteiger partial charge in [0.15, 0.2) is 0 Å². The molecule has 2 heteroatoms. The zero-order valence-electron chi connectivity index (χ0n) is 33.4. The molecule has 0 aromatic heterocycles. The number of benzene rings is 6. The summed E-state index contributed by atoms with van der Waals surface area (Å²) in [6.07, 6.45) is 9.51. The topological polar surface area (TPSA) is 3.24 Å². The summed E-state index contributed by atoms with van der Waals surface area (Å²) < 4.78 is 0. The van der Waals surface area contributed by atoms with Crippen molar-refractivity contribution in [2.45, 2.75) is 98.7 Å². The summed E-state index contributed by atoms with van der Waals surface area (Å²) in [5.41, 5.74) is 15.4. The zero-order valence-corrected chi connectivity index (χ0v) is 34.2. The fourth-order valence-electron chi connectivity index (χ4n) is 12.6. The molecule has 6 aliphatic rings. The number of rotatable bonds is 5. The summed E-state index contributed by atoms with van der Waals surface area (Å²) in [6, 6.07) is 53.5. The number of hydrogen-bond acceptors (Lipinski definition) is 2. The van der Waals surface area contributed by atoms with Crippen molar-refractivity contribution in [2.24, 2.45) is 23.7 Å². The van der Waals surface area contributed by atoms with Crippen molar-refractivity contribution < 1.29 is 0 Å². The molecule has 6 aromatic rings. The van der Waals surface area contributed by atoms with E-state index >= 15 is 0 Å². The molecule has 1 aliphatic heterocycles. The number of hydrogen-bond donors (Lipinski definition) is 0. The Morgan fingerprint density at radius 2 is 0.964 bits per heavy atom. The second-order valence-corrected chi connectivity index (χ2v) is 20.3. The molecule has 1 nitrogen and oxygen atoms in total. The molecule has 1 spiro atoms. The Morgan fingerprint density at radius 1 is 0.446 bits per heavy atom. The van der Waals surface area contributed by atoms with E-state index in [1.54, 1.807) is 11.1 Å². The molecule has 4 bridgehead atoms. The highest BCUT2D eigenvalue weighted by Gasteiger charge is 2.60. The summed E-state index contributed by atoms with van der Waals surface area (Å²) >= 11 is 2.02. The molecule has 0 saturated heterocycles. The van der Waals surface area contributed by atoms with E-state index in [1.807, 2.05) is 11.8 Å². The largest absolute Gasteiger partial charge is 0.310 e. The molecule has 6 aromatic carbocycles. The van der Waals surface area contributed by atoms with Crippen molar-refractivity contribution in [2.75, 3.05) is 4.90 Å². The van der Waals surface area contributed by atoms with Gasteiger partial charge >= 0.3 is 0 Å². The van der Waals surface area contributed by atoms with E-state index in [2.05, 4.69) is 172 Å². The molecule has 0 amide bonds. The first-order chi connectivity index (χ1) is 27.2. The molecule has 5 aliphatic carbocycles. The van der Waals surface area contributed by atoms with Crippen LogP contribution in [0.1, 0.15) is 94.9 Å². The van der Waals surface area contributed by atoms with Crippen molar-refractivity contribution in [3.05, 3.63) is 162 Å². The maximum atomic E-state index is 2.58. The highest BCUT2D eigenvalue weighted by molar-refractivity contribution is 7.99. The van der Waals surface area contributed by atoms with Crippen LogP contribution in [0.4, 0.5) is 17.1 Å². The van der Waals surface area contributed by atoms with Crippen LogP contribution >= 0.6 is 11.8 Å². The van der Waals surface area contributed by atoms with Gasteiger partial charge in [0.25, 0.3) is 0 Å². The standard InChI is InChI=1S/C54H53NS/c1-52(2)26-27-53(3,4)49-33-42(22-24-46(49)52)55(41-20-18-38(19-21-41)45-15-9-8-14-44(45)37-12-6-5-7-13-37)43-23-25-48-51(34-43)56-50-17-11-10-16-47(50)54(48)39-29-35-28-36(31-39)32-40(54)30-35/h5-25,33-36,39-40H,26-32H2,1-4H3. The first-order valence-corrected chi connectivity index (χ1v) is 22.1. The molecule has 0 unspecified atom stereocenters. The van der Waals surface area contributed by atoms with E-state index < -0.39 is 0 Å². The van der Waals surface area contributed by atoms with E-state index in [-0.39, 0.29) is 16.2 Å². The molecule has 0 radical (unpaired) electrons. The second kappa shape index (κ2) is 12.7. The predicted molar refractivity (Wildman–Crippen MR) is 236 cm³/mol. The van der Waals surface area contributed by atoms with Gasteiger partial charge in [0.05, 0.1) is 0 Å². The molecule has 0 atom stereocenters. The van der Waals surface area contributed by atoms with E-state index in [1.165, 1.54) is 105 Å². The smallest absolute Gasteiger partial charge is 0.0473 e. The van der Waals surface area contributed by atoms with Gasteiger partial charge in [0.1, 0.15) is 0 Å². The van der Waals surface area contributed by atoms with Gasteiger partial charge < -0.3 is 4.90 Å². The average Bonchev–Trinajstić information content (AvgIpc) is 3.21. The minimum atomic E-state index is 0.124. The minimum absolute atomic E-state index is 0.124. The van der Waals surface area contributed by atoms with Crippen LogP contribution in [0.25, 0.3) is 22.3 Å². The van der Waals surface area contributed by atoms with Crippen LogP contribution < -0.4 is 4.90 Å². The Balaban J connectivity index is 1.06. The fourth-order valence-corrected chi connectivity index (χ4v) is 13.9. The van der Waals surface area contributed by atoms with Crippen molar-refractivity contribution in [3.8, 4) is 22.3 Å². The maximum absolute atomic E-state index is 2.58. The van der Waals surface area contributed by atoms with Gasteiger partial charge in [0, 0.05) is 32.3 Å². The Kier molecular flexibility index (Phi) is 7.89. The van der Waals surface area contributed by atoms with Gasteiger partial charge in [-0.1, -0.05) is 137 Å². The average molecular weight is 748 g/mol. The molecule has 56 heavy (non-hydrogen) atoms. The third-order valence-electron chi connectivity index (χ3n) is 15.2. The summed E-state index contributed by atoms with van der Waals surface area (Å²) in [4.78, 5) is 5.50. The van der Waals surface area contributed by atoms with Crippen LogP contribution in [0.5, 0.6) is 0 Å². The zero-order chi connectivity index (χ0) is 37.8. The quantitative estimate of drug-likeness (QED) is 0.173. The maximum Gasteiger partial charge on any atom is 0.0473 e. The van der Waals surface area contributed by atoms with Gasteiger partial charge in [-0.3, -0.25) is 0 Å². The van der Waals surface area contributed by atoms with Gasteiger partial charge in [-0.05, 0) is 166 Å². The first-order valence-electron chi connectivity index (χ1n) is 21.3. The summed E-state index contributed by atoms with van der Waals surface area (Å²) in [7, 11) is 0. The van der Waals surface area contributed by atoms with Gasteiger partial charge in [-0.2, -0.15) is 0 Å². The predicted octanol–water partition coefficient (Wildman–Crippen LogP) is 15.0. The molecular formula is C54H53NS. The molecular weight excluding hydrogens is 695 g/mol. The van der Waals surface area contributed by atoms with Gasteiger partial charge in [0.2, 0.25) is 0 Å². The van der Waals surface area contributed by atoms with Crippen molar-refractivity contribution in [3.63, 3.8) is 0 Å². The Morgan fingerprint density at radius 3 is 1.64 bits per heavy atom. The monoisotopic (exact) mass is 747 g/mol. The number of fused-ring (bicyclic) bond motifs is 3. The van der Waals surface area contributed by atoms with Crippen LogP contribution in [0.2, 0.25) is 0 Å². The lowest BCUT2D eigenvalue weighted by molar-refractivity contribution is -0.0443. The van der Waals surface area contributed by atoms with Crippen LogP contribution in [0.15, 0.2) is 149 Å². The van der Waals surface area contributed by atoms with E-state index in [9.17, 15) is 0 Å². The minimum Gasteiger partial charge on any atom is -0.310 e. The lowest BCUT2D eigenvalue weighted by atomic mass is 9.42. The Bertz CT molecular complexity index is 2440. The molecule has 280 valence electrons. The van der Waals surface area contributed by atoms with Crippen molar-refractivity contribution in [1.29, 1.82) is 0 Å². The van der Waals surface area contributed by atoms with Crippen LogP contribution in [-0.4, -0.2) is 0 Å². The van der Waals surface area contributed by atoms with Crippen LogP contribution in [-0.2, 0) is 16.2 Å². The molecule has 4 fully saturated rings. The third kappa shape index (κ3) is 5.27. The second-order valence-electron chi connectivity index (χ2n) is 19.2. The SMILES string of the molecule is CC1(C)CCC(C)(C)c2cc(N(c3ccc(-c4ccccc4-c4ccccc4)cc3)c3ccc4c(c3)Sc3ccccc3C43C4CC5CC(C4)CC3C5)ccc21. The molecule has 12 rings (SSSR count). The lowest BCUT2D eigenvalue weighted by Gasteiger charge is -2.63. The third-order valence-corrected chi connectivity index (χ3v) is 16.3. The number of anilines is 3. The molecule has 0 N–H and O–H groups in total. The van der Waals surface area contributed by atoms with Crippen LogP contribution in [0, 0.1) is 23.7 Å². The van der Waals surface area contributed by atoms with Gasteiger partial charge in [-0.25, -0.2) is 0 Å². The van der Waals surface area contributed by atoms with E-state index in [0.29, 0.717) is 0 Å². The highest BCUT2D eigenvalue weighted by atomic mass is 32.2. The number of nitrogens with zero attached hydrogens (tertiary/aromatic N) is 1. The van der Waals surface area contributed by atoms with Crippen molar-refractivity contribution in [1.82, 2.24) is 0 Å². The normalized spacial score (nSPS) is 26.0. The Labute approximate surface area is 338 Å². The lowest BCUT2D eigenvalue weighted by Crippen LogP contribution is -2.57. The summed E-state index contributed by atoms with van der Waals surface area (Å²) in [5.74, 6) is 3.37. The first kappa shape index (κ1) is 34.7. The summed E-state index contributed by atoms with van der Waals surface area (Å²) in [5, 5.41) is 0. The van der Waals surface area contributed by atoms with Gasteiger partial charge in [-0.15, -0.1) is 0 Å². The Hall–Kier alpha value is -4.53. The van der Waals surface area contributed by atoms with Crippen LogP contribution in [0.3, 0.4) is 0 Å². The summed E-state index contributed by atoms with van der Waals surface area (Å²) in [6.45, 7) is 9.77. The van der Waals surface area contributed by atoms with E-state index in [4.69, 9.17) is 0 Å². The molecule has 1 heterocycles. The highest BCUT2D eigenvalue weighted by Crippen LogP contribution is 2.69. The van der Waals surface area contributed by atoms with Crippen molar-refractivity contribution >= 4 is 28.8 Å². The molecule has 4 saturated carbocycles.